The van der Waals surface area contributed by atoms with Gasteiger partial charge in [-0.2, -0.15) is 0 Å². The molecule has 5 heterocycles. The van der Waals surface area contributed by atoms with Crippen molar-refractivity contribution in [3.63, 3.8) is 0 Å². The maximum Gasteiger partial charge on any atom is 0.355 e. The fourth-order valence-corrected chi connectivity index (χ4v) is 8.72. The summed E-state index contributed by atoms with van der Waals surface area (Å²) < 4.78 is 5.16. The third-order valence-corrected chi connectivity index (χ3v) is 11.5. The molecule has 0 spiro atoms. The number of hydrogen-bond donors (Lipinski definition) is 10. The molecule has 2 aromatic heterocycles. The lowest BCUT2D eigenvalue weighted by Gasteiger charge is -2.31. The van der Waals surface area contributed by atoms with E-state index in [0.29, 0.717) is 11.1 Å². The Bertz CT molecular complexity index is 2010. The van der Waals surface area contributed by atoms with E-state index in [2.05, 4.69) is 53.4 Å². The molecule has 280 valence electrons. The van der Waals surface area contributed by atoms with Gasteiger partial charge in [0, 0.05) is 27.8 Å². The Hall–Kier alpha value is -5.66. The molecular formula is C28H28N10O11S4. The Balaban J connectivity index is 1.26. The van der Waals surface area contributed by atoms with Crippen LogP contribution in [0.25, 0.3) is 0 Å². The highest BCUT2D eigenvalue weighted by Crippen LogP contribution is 2.32. The second-order valence-electron chi connectivity index (χ2n) is 10.8. The van der Waals surface area contributed by atoms with Gasteiger partial charge in [-0.05, 0) is 12.5 Å². The van der Waals surface area contributed by atoms with Crippen molar-refractivity contribution >= 4 is 104 Å². The number of rotatable bonds is 13. The number of nitrogens with one attached hydrogen (secondary N) is 5. The normalized spacial score (nSPS) is 21.3. The number of esters is 1. The first kappa shape index (κ1) is 38.6. The lowest BCUT2D eigenvalue weighted by molar-refractivity contribution is -0.142. The minimum Gasteiger partial charge on any atom is -0.480 e. The van der Waals surface area contributed by atoms with Crippen LogP contribution in [0.1, 0.15) is 18.3 Å². The number of cyclic esters (lactones) is 1. The van der Waals surface area contributed by atoms with Gasteiger partial charge in [0.15, 0.2) is 33.8 Å². The quantitative estimate of drug-likeness (QED) is 0.0517. The molecule has 3 aliphatic heterocycles. The number of thioether (sulfide) groups is 2. The molecule has 3 aliphatic rings. The van der Waals surface area contributed by atoms with Crippen molar-refractivity contribution in [1.29, 1.82) is 0 Å². The first-order valence-corrected chi connectivity index (χ1v) is 18.7. The molecule has 2 aromatic rings. The van der Waals surface area contributed by atoms with Gasteiger partial charge in [-0.3, -0.25) is 19.7 Å². The summed E-state index contributed by atoms with van der Waals surface area (Å²) in [5.74, 6) is -6.27. The zero-order valence-electron chi connectivity index (χ0n) is 26.9. The van der Waals surface area contributed by atoms with Crippen molar-refractivity contribution in [1.82, 2.24) is 31.2 Å². The Kier molecular flexibility index (Phi) is 11.9. The second kappa shape index (κ2) is 16.3. The van der Waals surface area contributed by atoms with Gasteiger partial charge in [-0.25, -0.2) is 24.4 Å². The number of oxime groups is 2. The highest BCUT2D eigenvalue weighted by molar-refractivity contribution is 8.00. The first-order valence-electron chi connectivity index (χ1n) is 14.8. The monoisotopic (exact) mass is 808 g/mol. The molecule has 0 bridgehead atoms. The average molecular weight is 809 g/mol. The maximum atomic E-state index is 13.4. The largest absolute Gasteiger partial charge is 0.480 e. The molecule has 5 atom stereocenters. The number of nitrogens with zero attached hydrogens (tertiary/aromatic N) is 4. The van der Waals surface area contributed by atoms with Crippen LogP contribution in [0.3, 0.4) is 0 Å². The second-order valence-corrected chi connectivity index (χ2v) is 14.9. The van der Waals surface area contributed by atoms with E-state index in [1.54, 1.807) is 6.92 Å². The number of hydrogen-bond acceptors (Lipinski definition) is 20. The van der Waals surface area contributed by atoms with Gasteiger partial charge in [0.2, 0.25) is 0 Å². The summed E-state index contributed by atoms with van der Waals surface area (Å²) in [6, 6.07) is -3.26. The van der Waals surface area contributed by atoms with E-state index in [1.165, 1.54) is 16.8 Å². The Morgan fingerprint density at radius 2 is 1.53 bits per heavy atom. The highest BCUT2D eigenvalue weighted by Gasteiger charge is 2.42. The number of thiazole rings is 2. The van der Waals surface area contributed by atoms with Crippen LogP contribution < -0.4 is 32.3 Å². The molecule has 0 fully saturated rings. The van der Waals surface area contributed by atoms with Crippen LogP contribution >= 0.6 is 46.2 Å². The molecule has 21 nitrogen and oxygen atoms in total. The van der Waals surface area contributed by atoms with E-state index in [0.717, 1.165) is 46.2 Å². The molecule has 53 heavy (non-hydrogen) atoms. The number of anilines is 2. The Morgan fingerprint density at radius 3 is 2.08 bits per heavy atom. The lowest BCUT2D eigenvalue weighted by atomic mass is 10.1. The minimum atomic E-state index is -1.66. The Morgan fingerprint density at radius 1 is 0.962 bits per heavy atom. The number of carbonyl (C=O) groups is 6. The van der Waals surface area contributed by atoms with Crippen molar-refractivity contribution in [2.45, 2.75) is 35.9 Å². The molecule has 0 saturated carbocycles. The van der Waals surface area contributed by atoms with Crippen LogP contribution in [-0.4, -0.2) is 118 Å². The zero-order chi connectivity index (χ0) is 38.6. The number of aromatic nitrogens is 2. The van der Waals surface area contributed by atoms with Crippen LogP contribution in [0, 0.1) is 0 Å². The topological polar surface area (TPSA) is 329 Å². The fraction of sp³-hybridized carbons (Fsp3) is 0.286. The molecule has 0 saturated heterocycles. The SMILES string of the molecule is C=CC1=C(C(=O)Nc2nc(/C(=N/O)C(=O)NC(C(=O)O)C3NC4=C(CS3)C(C)OC4=O)cs2)NC(C(NC(=O)/C(=N\O)c2csc(N)n2)C(=O)O)SC1. The van der Waals surface area contributed by atoms with Crippen LogP contribution in [-0.2, 0) is 33.5 Å². The van der Waals surface area contributed by atoms with Gasteiger partial charge in [0.1, 0.15) is 39.6 Å². The summed E-state index contributed by atoms with van der Waals surface area (Å²) in [6.45, 7) is 5.36. The number of aliphatic carboxylic acids is 2. The lowest BCUT2D eigenvalue weighted by Crippen LogP contribution is -2.56. The smallest absolute Gasteiger partial charge is 0.355 e. The molecular weight excluding hydrogens is 781 g/mol. The summed E-state index contributed by atoms with van der Waals surface area (Å²) >= 11 is 3.93. The van der Waals surface area contributed by atoms with Crippen LogP contribution in [0.5, 0.6) is 0 Å². The van der Waals surface area contributed by atoms with E-state index in [-0.39, 0.29) is 44.6 Å². The van der Waals surface area contributed by atoms with Crippen LogP contribution in [0.15, 0.2) is 56.3 Å². The molecule has 0 radical (unpaired) electrons. The van der Waals surface area contributed by atoms with E-state index < -0.39 is 76.0 Å². The van der Waals surface area contributed by atoms with Crippen molar-refractivity contribution in [3.8, 4) is 0 Å². The van der Waals surface area contributed by atoms with E-state index in [1.807, 2.05) is 0 Å². The number of nitrogen functional groups attached to an aromatic ring is 1. The van der Waals surface area contributed by atoms with Crippen LogP contribution in [0.4, 0.5) is 10.3 Å². The van der Waals surface area contributed by atoms with Crippen molar-refractivity contribution < 1.29 is 54.1 Å². The van der Waals surface area contributed by atoms with Crippen molar-refractivity contribution in [3.05, 3.63) is 57.3 Å². The number of carbonyl (C=O) groups excluding carboxylic acids is 4. The van der Waals surface area contributed by atoms with Gasteiger partial charge in [0.05, 0.1) is 0 Å². The Labute approximate surface area is 313 Å². The summed E-state index contributed by atoms with van der Waals surface area (Å²) in [5.41, 5.74) is 4.99. The first-order chi connectivity index (χ1) is 25.3. The summed E-state index contributed by atoms with van der Waals surface area (Å²) in [7, 11) is 0. The van der Waals surface area contributed by atoms with Gasteiger partial charge >= 0.3 is 17.9 Å². The fourth-order valence-electron chi connectivity index (χ4n) is 4.96. The number of allylic oxidation sites excluding steroid dienone is 1. The number of carboxylic acid groups (broad SMARTS) is 2. The highest BCUT2D eigenvalue weighted by atomic mass is 32.2. The van der Waals surface area contributed by atoms with Gasteiger partial charge in [0.25, 0.3) is 17.7 Å². The minimum absolute atomic E-state index is 0.0746. The predicted octanol–water partition coefficient (Wildman–Crippen LogP) is -0.720. The number of amides is 3. The van der Waals surface area contributed by atoms with Gasteiger partial charge in [-0.15, -0.1) is 46.2 Å². The molecule has 0 aliphatic carbocycles. The molecule has 5 unspecified atom stereocenters. The standard InChI is InChI=1S/C28H28N10O11S4/c1-3-9-4-50-22(17(24(42)43)32-20(40)15(37-47)11-6-52-27(29)30-11)34-13(9)19(39)36-28-31-12(7-53-28)16(38-48)21(41)33-18(25(44)45)23-35-14-10(5-51-23)8(2)49-26(14)46/h3,6-8,17-18,22-23,34-35,47-48H,1,4-5H2,2H3,(H2,29,30)(H,32,40)(H,33,41)(H,42,43)(H,44,45)(H,31,36,39)/b37-15-,38-16-. The molecule has 11 N–H and O–H groups in total. The van der Waals surface area contributed by atoms with Gasteiger partial charge in [-0.1, -0.05) is 23.0 Å². The van der Waals surface area contributed by atoms with E-state index in [9.17, 15) is 49.4 Å². The van der Waals surface area contributed by atoms with E-state index >= 15 is 0 Å². The predicted molar refractivity (Wildman–Crippen MR) is 192 cm³/mol. The molecule has 25 heteroatoms. The number of ether oxygens (including phenoxy) is 1. The van der Waals surface area contributed by atoms with Crippen LogP contribution in [0.2, 0.25) is 0 Å². The summed E-state index contributed by atoms with van der Waals surface area (Å²) in [5, 5.41) is 57.9. The van der Waals surface area contributed by atoms with Crippen molar-refractivity contribution in [2.75, 3.05) is 22.6 Å². The summed E-state index contributed by atoms with van der Waals surface area (Å²) in [6.07, 6.45) is 0.881. The van der Waals surface area contributed by atoms with Crippen molar-refractivity contribution in [2.24, 2.45) is 10.3 Å². The third kappa shape index (κ3) is 8.37. The summed E-state index contributed by atoms with van der Waals surface area (Å²) in [4.78, 5) is 84.0. The number of carboxylic acids is 2. The molecule has 5 rings (SSSR count). The third-order valence-electron chi connectivity index (χ3n) is 7.58. The zero-order valence-corrected chi connectivity index (χ0v) is 30.2. The maximum absolute atomic E-state index is 13.4. The van der Waals surface area contributed by atoms with Gasteiger partial charge < -0.3 is 52.4 Å². The number of nitrogens with two attached hydrogens (primary N) is 1. The molecule has 3 amide bonds. The average Bonchev–Trinajstić information content (AvgIpc) is 3.84. The molecule has 0 aromatic carbocycles. The van der Waals surface area contributed by atoms with E-state index in [4.69, 9.17) is 10.5 Å².